The maximum Gasteiger partial charge on any atom is 0.320 e. The summed E-state index contributed by atoms with van der Waals surface area (Å²) in [5, 5.41) is 10.3. The van der Waals surface area contributed by atoms with E-state index < -0.39 is 0 Å². The number of thiazole rings is 1. The molecular weight excluding hydrogens is 374 g/mol. The molecule has 0 aliphatic rings. The quantitative estimate of drug-likeness (QED) is 0.597. The molecule has 7 nitrogen and oxygen atoms in total. The molecule has 1 aromatic carbocycles. The molecule has 8 heteroatoms. The van der Waals surface area contributed by atoms with Gasteiger partial charge < -0.3 is 20.5 Å². The third-order valence-electron chi connectivity index (χ3n) is 4.69. The van der Waals surface area contributed by atoms with Crippen molar-refractivity contribution >= 4 is 32.6 Å². The number of hydrogen-bond acceptors (Lipinski definition) is 8. The van der Waals surface area contributed by atoms with Gasteiger partial charge in [0.2, 0.25) is 0 Å². The molecule has 0 aliphatic carbocycles. The molecule has 0 amide bonds. The van der Waals surface area contributed by atoms with Crippen molar-refractivity contribution in [2.24, 2.45) is 5.92 Å². The van der Waals surface area contributed by atoms with Crippen molar-refractivity contribution in [3.8, 4) is 6.01 Å². The lowest BCUT2D eigenvalue weighted by molar-refractivity contribution is 0.244. The summed E-state index contributed by atoms with van der Waals surface area (Å²) in [6.45, 7) is 6.71. The summed E-state index contributed by atoms with van der Waals surface area (Å²) in [5.74, 6) is 1.12. The fourth-order valence-electron chi connectivity index (χ4n) is 3.10. The fraction of sp³-hybridized carbons (Fsp3) is 0.450. The number of nitrogens with zero attached hydrogens (tertiary/aromatic N) is 4. The summed E-state index contributed by atoms with van der Waals surface area (Å²) in [7, 11) is 1.92. The molecule has 0 bridgehead atoms. The number of anilines is 2. The van der Waals surface area contributed by atoms with Gasteiger partial charge in [0.05, 0.1) is 12.6 Å². The largest absolute Gasteiger partial charge is 0.458 e. The summed E-state index contributed by atoms with van der Waals surface area (Å²) >= 11 is 1.34. The minimum Gasteiger partial charge on any atom is -0.458 e. The van der Waals surface area contributed by atoms with Crippen molar-refractivity contribution in [2.75, 3.05) is 24.3 Å². The number of aryl methyl sites for hydroxylation is 1. The highest BCUT2D eigenvalue weighted by Gasteiger charge is 2.22. The van der Waals surface area contributed by atoms with Gasteiger partial charge in [-0.2, -0.15) is 15.0 Å². The van der Waals surface area contributed by atoms with Gasteiger partial charge in [-0.05, 0) is 30.4 Å². The second-order valence-electron chi connectivity index (χ2n) is 7.33. The van der Waals surface area contributed by atoms with Crippen LogP contribution < -0.4 is 15.4 Å². The first-order valence-electron chi connectivity index (χ1n) is 9.34. The molecule has 28 heavy (non-hydrogen) atoms. The number of fused-ring (bicyclic) bond motifs is 1. The van der Waals surface area contributed by atoms with E-state index in [1.165, 1.54) is 11.3 Å². The van der Waals surface area contributed by atoms with Gasteiger partial charge in [0, 0.05) is 7.05 Å². The summed E-state index contributed by atoms with van der Waals surface area (Å²) in [5.41, 5.74) is 8.65. The van der Waals surface area contributed by atoms with Gasteiger partial charge in [-0.3, -0.25) is 0 Å². The molecule has 0 aliphatic heterocycles. The van der Waals surface area contributed by atoms with Crippen LogP contribution in [0.1, 0.15) is 31.4 Å². The van der Waals surface area contributed by atoms with Crippen LogP contribution in [0.4, 0.5) is 10.9 Å². The Morgan fingerprint density at radius 3 is 2.64 bits per heavy atom. The minimum absolute atomic E-state index is 0.0356. The van der Waals surface area contributed by atoms with Crippen molar-refractivity contribution in [3.63, 3.8) is 0 Å². The zero-order chi connectivity index (χ0) is 20.3. The standard InChI is InChI=1S/C20H27N5O2S/c1-12(2)9-15(10-26)25(4)18-16-17(22-19(21)28-16)23-20(24-18)27-11-14-8-6-5-7-13(14)3/h5-8,12,15,26H,9-11H2,1-4H3,(H2,21,22,23,24)/t15-/m1/s1. The van der Waals surface area contributed by atoms with Gasteiger partial charge >= 0.3 is 6.01 Å². The van der Waals surface area contributed by atoms with E-state index in [2.05, 4.69) is 28.8 Å². The molecule has 3 N–H and O–H groups in total. The number of nitrogen functional groups attached to an aromatic ring is 1. The van der Waals surface area contributed by atoms with Crippen LogP contribution in [0, 0.1) is 12.8 Å². The summed E-state index contributed by atoms with van der Waals surface area (Å²) in [4.78, 5) is 15.3. The summed E-state index contributed by atoms with van der Waals surface area (Å²) in [6, 6.07) is 8.23. The third-order valence-corrected chi connectivity index (χ3v) is 5.56. The molecule has 0 spiro atoms. The Hall–Kier alpha value is -2.45. The van der Waals surface area contributed by atoms with Gasteiger partial charge in [-0.15, -0.1) is 0 Å². The van der Waals surface area contributed by atoms with Gasteiger partial charge in [-0.25, -0.2) is 0 Å². The number of aromatic nitrogens is 3. The predicted molar refractivity (Wildman–Crippen MR) is 114 cm³/mol. The first-order valence-corrected chi connectivity index (χ1v) is 10.2. The number of ether oxygens (including phenoxy) is 1. The van der Waals surface area contributed by atoms with Crippen LogP contribution in [-0.2, 0) is 6.61 Å². The SMILES string of the molecule is Cc1ccccc1COc1nc(N(C)[C@@H](CO)CC(C)C)c2sc(N)nc2n1. The highest BCUT2D eigenvalue weighted by Crippen LogP contribution is 2.33. The molecule has 0 saturated carbocycles. The van der Waals surface area contributed by atoms with Crippen LogP contribution in [0.25, 0.3) is 10.3 Å². The highest BCUT2D eigenvalue weighted by molar-refractivity contribution is 7.22. The molecule has 150 valence electrons. The molecule has 0 fully saturated rings. The Balaban J connectivity index is 1.93. The second kappa shape index (κ2) is 8.70. The average Bonchev–Trinajstić information content (AvgIpc) is 3.04. The number of hydrogen-bond donors (Lipinski definition) is 2. The smallest absolute Gasteiger partial charge is 0.320 e. The Morgan fingerprint density at radius 1 is 1.21 bits per heavy atom. The normalized spacial score (nSPS) is 12.5. The maximum absolute atomic E-state index is 9.88. The number of aliphatic hydroxyl groups is 1. The first-order chi connectivity index (χ1) is 13.4. The van der Waals surface area contributed by atoms with E-state index in [0.717, 1.165) is 22.2 Å². The fourth-order valence-corrected chi connectivity index (χ4v) is 3.90. The van der Waals surface area contributed by atoms with E-state index in [4.69, 9.17) is 10.5 Å². The van der Waals surface area contributed by atoms with Crippen LogP contribution in [0.15, 0.2) is 24.3 Å². The maximum atomic E-state index is 9.88. The van der Waals surface area contributed by atoms with E-state index in [9.17, 15) is 5.11 Å². The van der Waals surface area contributed by atoms with Gasteiger partial charge in [0.25, 0.3) is 0 Å². The zero-order valence-corrected chi connectivity index (χ0v) is 17.5. The van der Waals surface area contributed by atoms with Crippen molar-refractivity contribution in [3.05, 3.63) is 35.4 Å². The summed E-state index contributed by atoms with van der Waals surface area (Å²) in [6.07, 6.45) is 0.839. The molecule has 3 aromatic rings. The summed E-state index contributed by atoms with van der Waals surface area (Å²) < 4.78 is 6.68. The Morgan fingerprint density at radius 2 is 1.96 bits per heavy atom. The minimum atomic E-state index is -0.0642. The van der Waals surface area contributed by atoms with Crippen LogP contribution >= 0.6 is 11.3 Å². The average molecular weight is 402 g/mol. The van der Waals surface area contributed by atoms with Crippen LogP contribution in [0.3, 0.4) is 0 Å². The van der Waals surface area contributed by atoms with E-state index in [1.54, 1.807) is 0 Å². The van der Waals surface area contributed by atoms with E-state index in [0.29, 0.717) is 29.1 Å². The molecule has 0 saturated heterocycles. The molecule has 2 aromatic heterocycles. The molecule has 1 atom stereocenters. The van der Waals surface area contributed by atoms with Crippen LogP contribution in [0.5, 0.6) is 6.01 Å². The lowest BCUT2D eigenvalue weighted by Crippen LogP contribution is -2.36. The molecule has 0 radical (unpaired) electrons. The monoisotopic (exact) mass is 401 g/mol. The number of likely N-dealkylation sites (N-methyl/N-ethyl adjacent to an activating group) is 1. The molecule has 2 heterocycles. The predicted octanol–water partition coefficient (Wildman–Crippen LogP) is 3.40. The van der Waals surface area contributed by atoms with E-state index in [1.807, 2.05) is 43.1 Å². The number of benzene rings is 1. The third kappa shape index (κ3) is 4.51. The molecule has 3 rings (SSSR count). The van der Waals surface area contributed by atoms with Crippen LogP contribution in [0.2, 0.25) is 0 Å². The number of nitrogens with two attached hydrogens (primary N) is 1. The van der Waals surface area contributed by atoms with Crippen LogP contribution in [-0.4, -0.2) is 39.8 Å². The highest BCUT2D eigenvalue weighted by atomic mass is 32.1. The second-order valence-corrected chi connectivity index (χ2v) is 8.36. The van der Waals surface area contributed by atoms with E-state index >= 15 is 0 Å². The van der Waals surface area contributed by atoms with Crippen molar-refractivity contribution in [1.82, 2.24) is 15.0 Å². The van der Waals surface area contributed by atoms with E-state index in [-0.39, 0.29) is 18.7 Å². The Bertz CT molecular complexity index is 943. The zero-order valence-electron chi connectivity index (χ0n) is 16.7. The van der Waals surface area contributed by atoms with Gasteiger partial charge in [0.1, 0.15) is 11.3 Å². The van der Waals surface area contributed by atoms with Gasteiger partial charge in [0.15, 0.2) is 16.6 Å². The number of aliphatic hydroxyl groups excluding tert-OH is 1. The Labute approximate surface area is 169 Å². The lowest BCUT2D eigenvalue weighted by atomic mass is 10.0. The lowest BCUT2D eigenvalue weighted by Gasteiger charge is -2.29. The first kappa shape index (κ1) is 20.3. The molecule has 0 unspecified atom stereocenters. The van der Waals surface area contributed by atoms with Crippen molar-refractivity contribution < 1.29 is 9.84 Å². The van der Waals surface area contributed by atoms with Gasteiger partial charge in [-0.1, -0.05) is 49.4 Å². The van der Waals surface area contributed by atoms with Crippen molar-refractivity contribution in [1.29, 1.82) is 0 Å². The van der Waals surface area contributed by atoms with Crippen molar-refractivity contribution in [2.45, 2.75) is 39.8 Å². The molecular formula is C20H27N5O2S. The topological polar surface area (TPSA) is 97.4 Å². The Kier molecular flexibility index (Phi) is 6.31. The number of rotatable bonds is 8.